The second kappa shape index (κ2) is 7.42. The van der Waals surface area contributed by atoms with E-state index in [0.29, 0.717) is 28.0 Å². The highest BCUT2D eigenvalue weighted by molar-refractivity contribution is 7.17. The molecule has 0 saturated carbocycles. The Kier molecular flexibility index (Phi) is 4.83. The van der Waals surface area contributed by atoms with Gasteiger partial charge in [0.05, 0.1) is 30.3 Å². The first-order chi connectivity index (χ1) is 13.2. The number of nitrogens with zero attached hydrogens (tertiary/aromatic N) is 2. The third-order valence-corrected chi connectivity index (χ3v) is 5.36. The van der Waals surface area contributed by atoms with E-state index in [2.05, 4.69) is 32.8 Å². The summed E-state index contributed by atoms with van der Waals surface area (Å²) in [7, 11) is 3.17. The van der Waals surface area contributed by atoms with Crippen molar-refractivity contribution < 1.29 is 9.47 Å². The van der Waals surface area contributed by atoms with E-state index in [-0.39, 0.29) is 0 Å². The highest BCUT2D eigenvalue weighted by Crippen LogP contribution is 2.41. The van der Waals surface area contributed by atoms with Gasteiger partial charge in [0.2, 0.25) is 0 Å². The van der Waals surface area contributed by atoms with Gasteiger partial charge < -0.3 is 14.8 Å². The molecule has 0 radical (unpaired) electrons. The largest absolute Gasteiger partial charge is 0.495 e. The van der Waals surface area contributed by atoms with Crippen LogP contribution >= 0.6 is 22.9 Å². The van der Waals surface area contributed by atoms with Crippen LogP contribution < -0.4 is 14.8 Å². The number of hydrogen-bond donors (Lipinski definition) is 1. The van der Waals surface area contributed by atoms with Crippen LogP contribution in [0, 0.1) is 0 Å². The number of rotatable bonds is 5. The monoisotopic (exact) mass is 397 g/mol. The van der Waals surface area contributed by atoms with E-state index >= 15 is 0 Å². The van der Waals surface area contributed by atoms with Crippen molar-refractivity contribution in [2.45, 2.75) is 0 Å². The molecule has 0 bridgehead atoms. The van der Waals surface area contributed by atoms with Gasteiger partial charge in [-0.2, -0.15) is 0 Å². The van der Waals surface area contributed by atoms with E-state index in [0.717, 1.165) is 21.3 Å². The lowest BCUT2D eigenvalue weighted by molar-refractivity contribution is 0.405. The summed E-state index contributed by atoms with van der Waals surface area (Å²) in [6, 6.07) is 13.7. The third kappa shape index (κ3) is 3.29. The number of aromatic nitrogens is 2. The number of halogens is 1. The molecule has 0 saturated heterocycles. The van der Waals surface area contributed by atoms with E-state index in [9.17, 15) is 0 Å². The summed E-state index contributed by atoms with van der Waals surface area (Å²) in [6.07, 6.45) is 1.55. The molecule has 1 N–H and O–H groups in total. The fraction of sp³-hybridized carbons (Fsp3) is 0.100. The first-order valence-corrected chi connectivity index (χ1v) is 9.43. The smallest absolute Gasteiger partial charge is 0.144 e. The van der Waals surface area contributed by atoms with Gasteiger partial charge in [-0.3, -0.25) is 0 Å². The second-order valence-corrected chi connectivity index (χ2v) is 7.00. The molecule has 27 heavy (non-hydrogen) atoms. The van der Waals surface area contributed by atoms with E-state index in [1.54, 1.807) is 44.0 Å². The molecule has 0 fully saturated rings. The molecule has 0 amide bonds. The van der Waals surface area contributed by atoms with E-state index in [4.69, 9.17) is 21.1 Å². The van der Waals surface area contributed by atoms with Crippen LogP contribution in [0.25, 0.3) is 21.3 Å². The standard InChI is InChI=1S/C20H16ClN3O2S/c1-25-16-9-15(17(26-2)8-14(16)21)24-19-18-13(12-6-4-3-5-7-12)10-27-20(18)23-11-22-19/h3-11H,1-2H3,(H,22,23,24). The zero-order chi connectivity index (χ0) is 18.8. The Balaban J connectivity index is 1.85. The molecule has 2 aromatic heterocycles. The van der Waals surface area contributed by atoms with Gasteiger partial charge in [-0.1, -0.05) is 41.9 Å². The van der Waals surface area contributed by atoms with Crippen molar-refractivity contribution in [3.05, 3.63) is 59.2 Å². The van der Waals surface area contributed by atoms with Gasteiger partial charge in [0.15, 0.2) is 0 Å². The van der Waals surface area contributed by atoms with Gasteiger partial charge >= 0.3 is 0 Å². The van der Waals surface area contributed by atoms with Crippen molar-refractivity contribution >= 4 is 44.7 Å². The van der Waals surface area contributed by atoms with Crippen LogP contribution in [0.3, 0.4) is 0 Å². The number of hydrogen-bond acceptors (Lipinski definition) is 6. The van der Waals surface area contributed by atoms with Crippen LogP contribution in [0.4, 0.5) is 11.5 Å². The average Bonchev–Trinajstić information content (AvgIpc) is 3.15. The SMILES string of the molecule is COc1cc(Nc2ncnc3scc(-c4ccccc4)c23)c(OC)cc1Cl. The fourth-order valence-electron chi connectivity index (χ4n) is 2.89. The summed E-state index contributed by atoms with van der Waals surface area (Å²) in [5.74, 6) is 1.85. The van der Waals surface area contributed by atoms with E-state index < -0.39 is 0 Å². The minimum absolute atomic E-state index is 0.480. The third-order valence-electron chi connectivity index (χ3n) is 4.18. The number of nitrogens with one attached hydrogen (secondary N) is 1. The molecule has 7 heteroatoms. The van der Waals surface area contributed by atoms with Crippen molar-refractivity contribution in [3.8, 4) is 22.6 Å². The van der Waals surface area contributed by atoms with Crippen LogP contribution in [-0.4, -0.2) is 24.2 Å². The first-order valence-electron chi connectivity index (χ1n) is 8.17. The average molecular weight is 398 g/mol. The van der Waals surface area contributed by atoms with Gasteiger partial charge in [0.1, 0.15) is 28.5 Å². The summed E-state index contributed by atoms with van der Waals surface area (Å²) < 4.78 is 10.8. The van der Waals surface area contributed by atoms with Crippen molar-refractivity contribution in [2.75, 3.05) is 19.5 Å². The normalized spacial score (nSPS) is 10.8. The highest BCUT2D eigenvalue weighted by Gasteiger charge is 2.16. The molecule has 136 valence electrons. The van der Waals surface area contributed by atoms with Crippen LogP contribution in [-0.2, 0) is 0 Å². The highest BCUT2D eigenvalue weighted by atomic mass is 35.5. The topological polar surface area (TPSA) is 56.3 Å². The Hall–Kier alpha value is -2.83. The molecule has 2 heterocycles. The minimum atomic E-state index is 0.480. The quantitative estimate of drug-likeness (QED) is 0.463. The summed E-state index contributed by atoms with van der Waals surface area (Å²) in [4.78, 5) is 9.79. The maximum Gasteiger partial charge on any atom is 0.144 e. The summed E-state index contributed by atoms with van der Waals surface area (Å²) in [6.45, 7) is 0. The maximum absolute atomic E-state index is 6.21. The van der Waals surface area contributed by atoms with Crippen molar-refractivity contribution in [1.82, 2.24) is 9.97 Å². The van der Waals surface area contributed by atoms with Crippen LogP contribution in [0.5, 0.6) is 11.5 Å². The Morgan fingerprint density at radius 1 is 1.00 bits per heavy atom. The Labute approximate surface area is 165 Å². The molecular formula is C20H16ClN3O2S. The molecule has 4 rings (SSSR count). The lowest BCUT2D eigenvalue weighted by atomic mass is 10.1. The molecule has 2 aromatic carbocycles. The minimum Gasteiger partial charge on any atom is -0.495 e. The zero-order valence-corrected chi connectivity index (χ0v) is 16.3. The summed E-state index contributed by atoms with van der Waals surface area (Å²) >= 11 is 7.79. The number of methoxy groups -OCH3 is 2. The molecule has 0 aliphatic carbocycles. The molecule has 0 aliphatic rings. The first kappa shape index (κ1) is 17.6. The van der Waals surface area contributed by atoms with E-state index in [1.165, 1.54) is 0 Å². The Morgan fingerprint density at radius 3 is 2.52 bits per heavy atom. The zero-order valence-electron chi connectivity index (χ0n) is 14.7. The lowest BCUT2D eigenvalue weighted by Gasteiger charge is -2.14. The summed E-state index contributed by atoms with van der Waals surface area (Å²) in [5, 5.41) is 6.90. The molecule has 0 aliphatic heterocycles. The van der Waals surface area contributed by atoms with Gasteiger partial charge in [-0.25, -0.2) is 9.97 Å². The Bertz CT molecular complexity index is 1100. The molecule has 5 nitrogen and oxygen atoms in total. The van der Waals surface area contributed by atoms with E-state index in [1.807, 2.05) is 18.2 Å². The van der Waals surface area contributed by atoms with Crippen LogP contribution in [0.1, 0.15) is 0 Å². The predicted octanol–water partition coefficient (Wildman–Crippen LogP) is 5.77. The number of thiophene rings is 1. The summed E-state index contributed by atoms with van der Waals surface area (Å²) in [5.41, 5.74) is 2.91. The van der Waals surface area contributed by atoms with Crippen molar-refractivity contribution in [1.29, 1.82) is 0 Å². The van der Waals surface area contributed by atoms with Crippen LogP contribution in [0.15, 0.2) is 54.2 Å². The number of benzene rings is 2. The van der Waals surface area contributed by atoms with Crippen molar-refractivity contribution in [2.24, 2.45) is 0 Å². The van der Waals surface area contributed by atoms with Gasteiger partial charge in [-0.05, 0) is 5.56 Å². The lowest BCUT2D eigenvalue weighted by Crippen LogP contribution is -1.99. The fourth-order valence-corrected chi connectivity index (χ4v) is 4.03. The molecule has 4 aromatic rings. The number of ether oxygens (including phenoxy) is 2. The van der Waals surface area contributed by atoms with Crippen LogP contribution in [0.2, 0.25) is 5.02 Å². The van der Waals surface area contributed by atoms with Gasteiger partial charge in [0, 0.05) is 23.1 Å². The van der Waals surface area contributed by atoms with Gasteiger partial charge in [0.25, 0.3) is 0 Å². The molecule has 0 spiro atoms. The van der Waals surface area contributed by atoms with Gasteiger partial charge in [-0.15, -0.1) is 11.3 Å². The Morgan fingerprint density at radius 2 is 1.78 bits per heavy atom. The number of fused-ring (bicyclic) bond motifs is 1. The molecular weight excluding hydrogens is 382 g/mol. The molecule has 0 unspecified atom stereocenters. The number of anilines is 2. The molecule has 0 atom stereocenters. The second-order valence-electron chi connectivity index (χ2n) is 5.73. The predicted molar refractivity (Wildman–Crippen MR) is 111 cm³/mol. The van der Waals surface area contributed by atoms with Crippen molar-refractivity contribution in [3.63, 3.8) is 0 Å². The maximum atomic E-state index is 6.21.